The third kappa shape index (κ3) is 4.76. The van der Waals surface area contributed by atoms with E-state index >= 15 is 0 Å². The number of carboxylic acids is 1. The maximum absolute atomic E-state index is 14.4. The van der Waals surface area contributed by atoms with Crippen molar-refractivity contribution in [3.63, 3.8) is 0 Å². The highest BCUT2D eigenvalue weighted by molar-refractivity contribution is 7.90. The van der Waals surface area contributed by atoms with Crippen LogP contribution in [0.1, 0.15) is 25.1 Å². The van der Waals surface area contributed by atoms with Crippen molar-refractivity contribution in [3.8, 4) is 28.1 Å². The molecular weight excluding hydrogens is 480 g/mol. The van der Waals surface area contributed by atoms with Crippen LogP contribution in [-0.4, -0.2) is 42.6 Å². The fourth-order valence-corrected chi connectivity index (χ4v) is 4.17. The number of benzene rings is 2. The van der Waals surface area contributed by atoms with Gasteiger partial charge >= 0.3 is 12.1 Å². The lowest BCUT2D eigenvalue weighted by Crippen LogP contribution is -2.25. The zero-order valence-electron chi connectivity index (χ0n) is 18.2. The molecule has 1 aromatic heterocycles. The summed E-state index contributed by atoms with van der Waals surface area (Å²) in [5.41, 5.74) is -2.31. The molecule has 0 fully saturated rings. The summed E-state index contributed by atoms with van der Waals surface area (Å²) in [4.78, 5) is 11.7. The molecule has 0 bridgehead atoms. The highest BCUT2D eigenvalue weighted by Crippen LogP contribution is 2.44. The largest absolute Gasteiger partial charge is 0.494 e. The van der Waals surface area contributed by atoms with Gasteiger partial charge in [0.2, 0.25) is 0 Å². The SMILES string of the molecule is CCC(C(=O)O)n1nc(-c2ccc(S(C)(=O)=O)cc2)c(-c2ccc(OC)c(F)c2)c1C(F)(F)F. The molecule has 1 unspecified atom stereocenters. The van der Waals surface area contributed by atoms with Gasteiger partial charge in [-0.3, -0.25) is 0 Å². The Balaban J connectivity index is 2.41. The van der Waals surface area contributed by atoms with Crippen molar-refractivity contribution >= 4 is 15.8 Å². The average molecular weight is 500 g/mol. The molecule has 1 atom stereocenters. The van der Waals surface area contributed by atoms with E-state index in [1.54, 1.807) is 0 Å². The predicted octanol–water partition coefficient (Wildman–Crippen LogP) is 4.82. The van der Waals surface area contributed by atoms with Crippen molar-refractivity contribution in [2.75, 3.05) is 13.4 Å². The van der Waals surface area contributed by atoms with E-state index < -0.39 is 45.1 Å². The number of hydrogen-bond donors (Lipinski definition) is 1. The van der Waals surface area contributed by atoms with Gasteiger partial charge in [-0.2, -0.15) is 18.3 Å². The molecule has 2 aromatic carbocycles. The lowest BCUT2D eigenvalue weighted by Gasteiger charge is -2.17. The number of alkyl halides is 3. The number of carbonyl (C=O) groups is 1. The van der Waals surface area contributed by atoms with E-state index in [1.165, 1.54) is 44.4 Å². The Labute approximate surface area is 192 Å². The van der Waals surface area contributed by atoms with Gasteiger partial charge in [-0.1, -0.05) is 25.1 Å². The van der Waals surface area contributed by atoms with Crippen molar-refractivity contribution < 1.29 is 40.6 Å². The van der Waals surface area contributed by atoms with Crippen molar-refractivity contribution in [3.05, 3.63) is 54.0 Å². The third-order valence-electron chi connectivity index (χ3n) is 5.14. The summed E-state index contributed by atoms with van der Waals surface area (Å²) in [7, 11) is -2.38. The maximum atomic E-state index is 14.4. The molecule has 0 radical (unpaired) electrons. The topological polar surface area (TPSA) is 98.5 Å². The number of nitrogens with zero attached hydrogens (tertiary/aromatic N) is 2. The smallest absolute Gasteiger partial charge is 0.433 e. The Morgan fingerprint density at radius 1 is 1.15 bits per heavy atom. The van der Waals surface area contributed by atoms with Gasteiger partial charge in [-0.15, -0.1) is 0 Å². The first kappa shape index (κ1) is 25.2. The quantitative estimate of drug-likeness (QED) is 0.467. The van der Waals surface area contributed by atoms with Crippen LogP contribution in [-0.2, 0) is 20.8 Å². The number of halogens is 4. The summed E-state index contributed by atoms with van der Waals surface area (Å²) in [6, 6.07) is 6.45. The fourth-order valence-electron chi connectivity index (χ4n) is 3.54. The summed E-state index contributed by atoms with van der Waals surface area (Å²) >= 11 is 0. The summed E-state index contributed by atoms with van der Waals surface area (Å²) < 4.78 is 86.1. The molecule has 1 heterocycles. The molecule has 1 N–H and O–H groups in total. The number of aromatic nitrogens is 2. The minimum Gasteiger partial charge on any atom is -0.494 e. The molecule has 182 valence electrons. The summed E-state index contributed by atoms with van der Waals surface area (Å²) in [5.74, 6) is -2.65. The number of ether oxygens (including phenoxy) is 1. The van der Waals surface area contributed by atoms with Crippen LogP contribution in [0.4, 0.5) is 17.6 Å². The van der Waals surface area contributed by atoms with Gasteiger partial charge in [0.25, 0.3) is 0 Å². The van der Waals surface area contributed by atoms with Crippen LogP contribution in [0.5, 0.6) is 5.75 Å². The first-order valence-electron chi connectivity index (χ1n) is 9.86. The van der Waals surface area contributed by atoms with Crippen LogP contribution in [0.2, 0.25) is 0 Å². The molecule has 12 heteroatoms. The van der Waals surface area contributed by atoms with Gasteiger partial charge < -0.3 is 9.84 Å². The second-order valence-electron chi connectivity index (χ2n) is 7.42. The number of carboxylic acid groups (broad SMARTS) is 1. The maximum Gasteiger partial charge on any atom is 0.433 e. The van der Waals surface area contributed by atoms with Crippen LogP contribution in [0, 0.1) is 5.82 Å². The van der Waals surface area contributed by atoms with Crippen molar-refractivity contribution in [1.82, 2.24) is 9.78 Å². The van der Waals surface area contributed by atoms with Crippen LogP contribution in [0.15, 0.2) is 47.4 Å². The molecular formula is C22H20F4N2O5S. The fraction of sp³-hybridized carbons (Fsp3) is 0.273. The van der Waals surface area contributed by atoms with E-state index in [2.05, 4.69) is 5.10 Å². The minimum absolute atomic E-state index is 0.0688. The summed E-state index contributed by atoms with van der Waals surface area (Å²) in [6.45, 7) is 1.40. The number of hydrogen-bond acceptors (Lipinski definition) is 5. The number of aliphatic carboxylic acids is 1. The monoisotopic (exact) mass is 500 g/mol. The van der Waals surface area contributed by atoms with Crippen LogP contribution in [0.25, 0.3) is 22.4 Å². The molecule has 34 heavy (non-hydrogen) atoms. The van der Waals surface area contributed by atoms with Crippen LogP contribution >= 0.6 is 0 Å². The molecule has 0 spiro atoms. The molecule has 0 aliphatic rings. The molecule has 3 aromatic rings. The molecule has 0 saturated carbocycles. The summed E-state index contributed by atoms with van der Waals surface area (Å²) in [6.07, 6.45) is -4.28. The van der Waals surface area contributed by atoms with Crippen molar-refractivity contribution in [1.29, 1.82) is 0 Å². The molecule has 0 saturated heterocycles. The number of methoxy groups -OCH3 is 1. The Morgan fingerprint density at radius 3 is 2.18 bits per heavy atom. The first-order chi connectivity index (χ1) is 15.8. The van der Waals surface area contributed by atoms with Gasteiger partial charge in [-0.25, -0.2) is 22.3 Å². The minimum atomic E-state index is -5.05. The second kappa shape index (κ2) is 9.09. The first-order valence-corrected chi connectivity index (χ1v) is 11.8. The average Bonchev–Trinajstić information content (AvgIpc) is 3.14. The Hall–Kier alpha value is -3.41. The van der Waals surface area contributed by atoms with E-state index in [1.807, 2.05) is 0 Å². The van der Waals surface area contributed by atoms with Gasteiger partial charge in [0.05, 0.1) is 12.0 Å². The summed E-state index contributed by atoms with van der Waals surface area (Å²) in [5, 5.41) is 13.5. The number of rotatable bonds is 7. The van der Waals surface area contributed by atoms with E-state index in [0.29, 0.717) is 4.68 Å². The van der Waals surface area contributed by atoms with Crippen LogP contribution < -0.4 is 4.74 Å². The van der Waals surface area contributed by atoms with E-state index in [9.17, 15) is 35.9 Å². The van der Waals surface area contributed by atoms with E-state index in [4.69, 9.17) is 4.74 Å². The van der Waals surface area contributed by atoms with Gasteiger partial charge in [0.1, 0.15) is 11.7 Å². The molecule has 7 nitrogen and oxygen atoms in total. The third-order valence-corrected chi connectivity index (χ3v) is 6.27. The highest BCUT2D eigenvalue weighted by Gasteiger charge is 2.43. The van der Waals surface area contributed by atoms with Crippen LogP contribution in [0.3, 0.4) is 0 Å². The normalized spacial score (nSPS) is 13.0. The van der Waals surface area contributed by atoms with Crippen molar-refractivity contribution in [2.45, 2.75) is 30.5 Å². The molecule has 0 aliphatic heterocycles. The van der Waals surface area contributed by atoms with E-state index in [-0.39, 0.29) is 33.9 Å². The van der Waals surface area contributed by atoms with E-state index in [0.717, 1.165) is 18.4 Å². The molecule has 3 rings (SSSR count). The second-order valence-corrected chi connectivity index (χ2v) is 9.44. The molecule has 0 amide bonds. The van der Waals surface area contributed by atoms with Gasteiger partial charge in [0, 0.05) is 17.4 Å². The lowest BCUT2D eigenvalue weighted by atomic mass is 9.98. The Bertz CT molecular complexity index is 1330. The molecule has 0 aliphatic carbocycles. The van der Waals surface area contributed by atoms with Crippen molar-refractivity contribution in [2.24, 2.45) is 0 Å². The van der Waals surface area contributed by atoms with Gasteiger partial charge in [-0.05, 0) is 36.2 Å². The predicted molar refractivity (Wildman–Crippen MR) is 115 cm³/mol. The standard InChI is InChI=1S/C22H20F4N2O5S/c1-4-16(21(29)30)28-20(22(24,25)26)18(13-7-10-17(33-2)15(23)11-13)19(27-28)12-5-8-14(9-6-12)34(3,31)32/h5-11,16H,4H2,1-3H3,(H,29,30). The zero-order chi connectivity index (χ0) is 25.4. The Kier molecular flexibility index (Phi) is 6.74. The highest BCUT2D eigenvalue weighted by atomic mass is 32.2. The Morgan fingerprint density at radius 2 is 1.74 bits per heavy atom. The zero-order valence-corrected chi connectivity index (χ0v) is 19.0. The van der Waals surface area contributed by atoms with Gasteiger partial charge in [0.15, 0.2) is 27.1 Å². The number of sulfone groups is 1. The lowest BCUT2D eigenvalue weighted by molar-refractivity contribution is -0.149.